The van der Waals surface area contributed by atoms with E-state index in [9.17, 15) is 0 Å². The second-order valence-electron chi connectivity index (χ2n) is 11.0. The first-order chi connectivity index (χ1) is 21.3. The number of hydrogen-bond donors (Lipinski definition) is 0. The maximum Gasteiger partial charge on any atom is 0.235 e. The maximum atomic E-state index is 5.44. The minimum absolute atomic E-state index is 0.705. The van der Waals surface area contributed by atoms with Crippen LogP contribution in [0.1, 0.15) is 0 Å². The van der Waals surface area contributed by atoms with Gasteiger partial charge in [0.1, 0.15) is 0 Å². The Bertz CT molecular complexity index is 2730. The second kappa shape index (κ2) is 8.71. The summed E-state index contributed by atoms with van der Waals surface area (Å²) in [6.45, 7) is 0. The molecule has 43 heavy (non-hydrogen) atoms. The van der Waals surface area contributed by atoms with Crippen molar-refractivity contribution < 1.29 is 0 Å². The van der Waals surface area contributed by atoms with Gasteiger partial charge in [0.2, 0.25) is 5.95 Å². The van der Waals surface area contributed by atoms with Crippen LogP contribution in [0.3, 0.4) is 0 Å². The number of hydrogen-bond acceptors (Lipinski definition) is 4. The molecule has 4 heterocycles. The molecule has 0 saturated carbocycles. The molecule has 0 aliphatic heterocycles. The number of benzene rings is 6. The molecule has 3 nitrogen and oxygen atoms in total. The predicted molar refractivity (Wildman–Crippen MR) is 185 cm³/mol. The average molecular weight is 584 g/mol. The highest BCUT2D eigenvalue weighted by atomic mass is 32.1. The topological polar surface area (TPSA) is 30.7 Å². The molecule has 0 radical (unpaired) electrons. The van der Waals surface area contributed by atoms with Gasteiger partial charge in [-0.25, -0.2) is 9.97 Å². The molecule has 0 N–H and O–H groups in total. The van der Waals surface area contributed by atoms with Crippen LogP contribution in [0.2, 0.25) is 0 Å². The lowest BCUT2D eigenvalue weighted by molar-refractivity contribution is 1.02. The van der Waals surface area contributed by atoms with Gasteiger partial charge in [-0.2, -0.15) is 0 Å². The lowest BCUT2D eigenvalue weighted by atomic mass is 10.0. The molecule has 0 unspecified atom stereocenters. The molecular formula is C38H21N3S2. The van der Waals surface area contributed by atoms with E-state index >= 15 is 0 Å². The maximum absolute atomic E-state index is 5.44. The number of fused-ring (bicyclic) bond motifs is 12. The van der Waals surface area contributed by atoms with Crippen LogP contribution in [0, 0.1) is 0 Å². The summed E-state index contributed by atoms with van der Waals surface area (Å²) in [5.41, 5.74) is 5.37. The molecule has 0 amide bonds. The standard InChI is InChI=1S/C38H21N3S2/c1-2-12-24(13-3-1)31-28-20-18-22-10-4-6-14-25(22)32(28)40-38(39-31)41-33-26-15-7-5-11-23(26)19-21-29(33)35-34(41)37-36(43-35)27-16-8-9-17-30(27)42-37/h1-21H. The summed E-state index contributed by atoms with van der Waals surface area (Å²) in [5.74, 6) is 0.705. The summed E-state index contributed by atoms with van der Waals surface area (Å²) in [6.07, 6.45) is 0. The Balaban J connectivity index is 1.45. The highest BCUT2D eigenvalue weighted by Crippen LogP contribution is 2.49. The minimum atomic E-state index is 0.705. The van der Waals surface area contributed by atoms with Gasteiger partial charge in [0.25, 0.3) is 0 Å². The molecule has 0 aliphatic carbocycles. The van der Waals surface area contributed by atoms with Crippen LogP contribution < -0.4 is 0 Å². The van der Waals surface area contributed by atoms with Gasteiger partial charge in [-0.3, -0.25) is 4.57 Å². The van der Waals surface area contributed by atoms with Crippen LogP contribution >= 0.6 is 22.7 Å². The fraction of sp³-hybridized carbons (Fsp3) is 0. The number of aromatic nitrogens is 3. The number of nitrogens with zero attached hydrogens (tertiary/aromatic N) is 3. The minimum Gasteiger partial charge on any atom is -0.275 e. The van der Waals surface area contributed by atoms with Crippen molar-refractivity contribution >= 4 is 95.7 Å². The summed E-state index contributed by atoms with van der Waals surface area (Å²) in [5, 5.41) is 8.35. The van der Waals surface area contributed by atoms with Crippen molar-refractivity contribution in [3.63, 3.8) is 0 Å². The third-order valence-electron chi connectivity index (χ3n) is 8.60. The summed E-state index contributed by atoms with van der Waals surface area (Å²) >= 11 is 3.76. The van der Waals surface area contributed by atoms with E-state index in [4.69, 9.17) is 9.97 Å². The van der Waals surface area contributed by atoms with Gasteiger partial charge in [-0.05, 0) is 22.9 Å². The van der Waals surface area contributed by atoms with Gasteiger partial charge in [-0.1, -0.05) is 115 Å². The Morgan fingerprint density at radius 2 is 1.12 bits per heavy atom. The first kappa shape index (κ1) is 23.5. The molecule has 10 aromatic rings. The summed E-state index contributed by atoms with van der Waals surface area (Å²) in [4.78, 5) is 10.9. The van der Waals surface area contributed by atoms with Gasteiger partial charge in [0.05, 0.1) is 36.3 Å². The fourth-order valence-corrected chi connectivity index (χ4v) is 9.44. The zero-order valence-electron chi connectivity index (χ0n) is 22.8. The number of thiophene rings is 2. The highest BCUT2D eigenvalue weighted by molar-refractivity contribution is 7.37. The van der Waals surface area contributed by atoms with E-state index in [-0.39, 0.29) is 0 Å². The molecule has 0 saturated heterocycles. The smallest absolute Gasteiger partial charge is 0.235 e. The van der Waals surface area contributed by atoms with Gasteiger partial charge < -0.3 is 0 Å². The van der Waals surface area contributed by atoms with E-state index in [1.54, 1.807) is 0 Å². The predicted octanol–water partition coefficient (Wildman–Crippen LogP) is 11.1. The van der Waals surface area contributed by atoms with Crippen molar-refractivity contribution in [2.24, 2.45) is 0 Å². The highest BCUT2D eigenvalue weighted by Gasteiger charge is 2.24. The Morgan fingerprint density at radius 3 is 1.95 bits per heavy atom. The Labute approximate surface area is 253 Å². The molecule has 4 aromatic heterocycles. The van der Waals surface area contributed by atoms with E-state index in [0.717, 1.165) is 33.1 Å². The third-order valence-corrected chi connectivity index (χ3v) is 11.2. The van der Waals surface area contributed by atoms with Crippen LogP contribution in [0.5, 0.6) is 0 Å². The van der Waals surface area contributed by atoms with E-state index in [1.165, 1.54) is 51.2 Å². The molecule has 200 valence electrons. The van der Waals surface area contributed by atoms with Crippen LogP contribution in [-0.4, -0.2) is 14.5 Å². The number of rotatable bonds is 2. The van der Waals surface area contributed by atoms with Crippen molar-refractivity contribution in [2.75, 3.05) is 0 Å². The fourth-order valence-electron chi connectivity index (χ4n) is 6.68. The monoisotopic (exact) mass is 583 g/mol. The van der Waals surface area contributed by atoms with Crippen molar-refractivity contribution in [3.8, 4) is 17.2 Å². The van der Waals surface area contributed by atoms with Crippen LogP contribution in [0.25, 0.3) is 90.3 Å². The normalized spacial score (nSPS) is 12.2. The first-order valence-corrected chi connectivity index (χ1v) is 16.0. The lowest BCUT2D eigenvalue weighted by Crippen LogP contribution is -2.04. The van der Waals surface area contributed by atoms with Crippen molar-refractivity contribution in [3.05, 3.63) is 127 Å². The second-order valence-corrected chi connectivity index (χ2v) is 13.0. The summed E-state index contributed by atoms with van der Waals surface area (Å²) in [7, 11) is 0. The lowest BCUT2D eigenvalue weighted by Gasteiger charge is -2.14. The van der Waals surface area contributed by atoms with Gasteiger partial charge in [0, 0.05) is 37.2 Å². The molecule has 0 fully saturated rings. The van der Waals surface area contributed by atoms with Gasteiger partial charge >= 0.3 is 0 Å². The quantitative estimate of drug-likeness (QED) is 0.190. The molecule has 0 spiro atoms. The average Bonchev–Trinajstić information content (AvgIpc) is 3.72. The van der Waals surface area contributed by atoms with E-state index in [2.05, 4.69) is 132 Å². The van der Waals surface area contributed by atoms with Crippen LogP contribution in [0.4, 0.5) is 0 Å². The van der Waals surface area contributed by atoms with Gasteiger partial charge in [0.15, 0.2) is 0 Å². The molecule has 6 aromatic carbocycles. The van der Waals surface area contributed by atoms with E-state index < -0.39 is 0 Å². The van der Waals surface area contributed by atoms with E-state index in [0.29, 0.717) is 5.95 Å². The SMILES string of the molecule is c1ccc(-c2nc(-n3c4c5ccccc5ccc4c4sc5c6ccccc6sc5c43)nc3c2ccc2ccccc23)cc1. The molecular weight excluding hydrogens is 563 g/mol. The zero-order chi connectivity index (χ0) is 28.1. The molecule has 5 heteroatoms. The van der Waals surface area contributed by atoms with Crippen LogP contribution in [0.15, 0.2) is 127 Å². The molecule has 10 rings (SSSR count). The molecule has 0 atom stereocenters. The van der Waals surface area contributed by atoms with Crippen molar-refractivity contribution in [2.45, 2.75) is 0 Å². The van der Waals surface area contributed by atoms with Crippen molar-refractivity contribution in [1.82, 2.24) is 14.5 Å². The largest absolute Gasteiger partial charge is 0.275 e. The molecule has 0 bridgehead atoms. The third kappa shape index (κ3) is 3.23. The van der Waals surface area contributed by atoms with Gasteiger partial charge in [-0.15, -0.1) is 22.7 Å². The summed E-state index contributed by atoms with van der Waals surface area (Å²) < 4.78 is 7.58. The van der Waals surface area contributed by atoms with Crippen LogP contribution in [-0.2, 0) is 0 Å². The van der Waals surface area contributed by atoms with Crippen molar-refractivity contribution in [1.29, 1.82) is 0 Å². The Hall–Kier alpha value is -5.10. The summed E-state index contributed by atoms with van der Waals surface area (Å²) in [6, 6.07) is 45.4. The Morgan fingerprint density at radius 1 is 0.442 bits per heavy atom. The zero-order valence-corrected chi connectivity index (χ0v) is 24.4. The first-order valence-electron chi connectivity index (χ1n) is 14.3. The molecule has 0 aliphatic rings. The Kier molecular flexibility index (Phi) is 4.75. The van der Waals surface area contributed by atoms with E-state index in [1.807, 2.05) is 22.7 Å².